The molecule has 3 heterocycles. The average Bonchev–Trinajstić information content (AvgIpc) is 3.35. The Morgan fingerprint density at radius 2 is 1.77 bits per heavy atom. The van der Waals surface area contributed by atoms with Crippen molar-refractivity contribution >= 4 is 34.6 Å². The lowest BCUT2D eigenvalue weighted by molar-refractivity contribution is 0.415. The van der Waals surface area contributed by atoms with Crippen molar-refractivity contribution < 1.29 is 9.84 Å². The van der Waals surface area contributed by atoms with Gasteiger partial charge in [0.25, 0.3) is 0 Å². The number of methoxy groups -OCH3 is 1. The van der Waals surface area contributed by atoms with Gasteiger partial charge in [-0.3, -0.25) is 4.98 Å². The van der Waals surface area contributed by atoms with Crippen molar-refractivity contribution in [2.75, 3.05) is 12.0 Å². The molecule has 0 aliphatic carbocycles. The average molecular weight is 505 g/mol. The molecule has 0 spiro atoms. The predicted octanol–water partition coefficient (Wildman–Crippen LogP) is 6.03. The van der Waals surface area contributed by atoms with Crippen LogP contribution in [0.15, 0.2) is 72.9 Å². The first-order valence-corrected chi connectivity index (χ1v) is 12.0. The second-order valence-corrected chi connectivity index (χ2v) is 9.29. The summed E-state index contributed by atoms with van der Waals surface area (Å²) >= 11 is 12.4. The summed E-state index contributed by atoms with van der Waals surface area (Å²) in [4.78, 5) is 6.74. The lowest BCUT2D eigenvalue weighted by atomic mass is 9.96. The number of nitrogens with one attached hydrogen (secondary N) is 1. The van der Waals surface area contributed by atoms with Crippen LogP contribution in [0.2, 0.25) is 5.02 Å². The highest BCUT2D eigenvalue weighted by atomic mass is 35.5. The van der Waals surface area contributed by atoms with Crippen LogP contribution in [0.5, 0.6) is 11.5 Å². The summed E-state index contributed by atoms with van der Waals surface area (Å²) in [6.45, 7) is 4.18. The molecule has 0 radical (unpaired) electrons. The molecule has 0 saturated carbocycles. The van der Waals surface area contributed by atoms with E-state index in [1.165, 1.54) is 0 Å². The molecule has 1 saturated heterocycles. The molecule has 0 bridgehead atoms. The minimum absolute atomic E-state index is 0.168. The van der Waals surface area contributed by atoms with Crippen LogP contribution in [0.25, 0.3) is 5.69 Å². The van der Waals surface area contributed by atoms with Crippen molar-refractivity contribution in [3.8, 4) is 17.2 Å². The number of aromatic hydroxyl groups is 1. The molecule has 1 aliphatic rings. The monoisotopic (exact) mass is 504 g/mol. The summed E-state index contributed by atoms with van der Waals surface area (Å²) in [5, 5.41) is 14.4. The van der Waals surface area contributed by atoms with Crippen LogP contribution in [0.3, 0.4) is 0 Å². The molecule has 2 atom stereocenters. The van der Waals surface area contributed by atoms with E-state index in [-0.39, 0.29) is 17.8 Å². The first-order chi connectivity index (χ1) is 16.9. The zero-order chi connectivity index (χ0) is 24.7. The molecule has 6 nitrogen and oxygen atoms in total. The minimum Gasteiger partial charge on any atom is -0.508 e. The zero-order valence-corrected chi connectivity index (χ0v) is 21.1. The summed E-state index contributed by atoms with van der Waals surface area (Å²) < 4.78 is 7.54. The van der Waals surface area contributed by atoms with Crippen LogP contribution >= 0.6 is 23.8 Å². The number of aromatic nitrogens is 2. The van der Waals surface area contributed by atoms with Gasteiger partial charge in [-0.1, -0.05) is 17.7 Å². The van der Waals surface area contributed by atoms with Gasteiger partial charge in [0, 0.05) is 29.0 Å². The molecule has 178 valence electrons. The van der Waals surface area contributed by atoms with Gasteiger partial charge in [-0.15, -0.1) is 0 Å². The van der Waals surface area contributed by atoms with Gasteiger partial charge in [0.2, 0.25) is 0 Å². The molecule has 0 unspecified atom stereocenters. The Bertz CT molecular complexity index is 1390. The number of rotatable bonds is 5. The van der Waals surface area contributed by atoms with E-state index < -0.39 is 0 Å². The van der Waals surface area contributed by atoms with E-state index in [0.717, 1.165) is 34.0 Å². The molecule has 0 amide bonds. The van der Waals surface area contributed by atoms with Crippen molar-refractivity contribution in [3.05, 3.63) is 101 Å². The maximum absolute atomic E-state index is 9.77. The van der Waals surface area contributed by atoms with E-state index in [0.29, 0.717) is 15.9 Å². The number of anilines is 1. The Labute approximate surface area is 214 Å². The van der Waals surface area contributed by atoms with Gasteiger partial charge in [-0.2, -0.15) is 0 Å². The third kappa shape index (κ3) is 4.11. The van der Waals surface area contributed by atoms with E-state index in [2.05, 4.69) is 39.7 Å². The van der Waals surface area contributed by atoms with Crippen molar-refractivity contribution in [3.63, 3.8) is 0 Å². The van der Waals surface area contributed by atoms with Gasteiger partial charge in [-0.25, -0.2) is 0 Å². The summed E-state index contributed by atoms with van der Waals surface area (Å²) in [5.41, 5.74) is 6.02. The molecule has 5 rings (SSSR count). The van der Waals surface area contributed by atoms with E-state index in [1.807, 2.05) is 48.5 Å². The Kier molecular flexibility index (Phi) is 6.13. The fourth-order valence-corrected chi connectivity index (χ4v) is 5.44. The number of hydrogen-bond acceptors (Lipinski definition) is 4. The van der Waals surface area contributed by atoms with Gasteiger partial charge in [-0.05, 0) is 92.3 Å². The van der Waals surface area contributed by atoms with Crippen molar-refractivity contribution in [1.29, 1.82) is 0 Å². The molecule has 2 N–H and O–H groups in total. The number of ether oxygens (including phenoxy) is 1. The molecule has 4 aromatic rings. The summed E-state index contributed by atoms with van der Waals surface area (Å²) in [6, 6.07) is 20.7. The first kappa shape index (κ1) is 23.2. The molecular formula is C27H25ClN4O2S. The highest BCUT2D eigenvalue weighted by Gasteiger charge is 2.42. The fraction of sp³-hybridized carbons (Fsp3) is 0.185. The number of aryl methyl sites for hydroxylation is 1. The standard InChI is InChI=1S/C27H25ClN4O2S/c1-16-14-21(17(2)31(16)18-7-10-20(33)11-8-18)26-25(23-6-4-5-13-29-23)30-27(35)32(26)19-9-12-24(34-3)22(28)15-19/h4-15,25-26,33H,1-3H3,(H,30,35)/t25-,26+/m1/s1. The quantitative estimate of drug-likeness (QED) is 0.323. The van der Waals surface area contributed by atoms with E-state index in [9.17, 15) is 5.11 Å². The van der Waals surface area contributed by atoms with E-state index >= 15 is 0 Å². The molecule has 8 heteroatoms. The third-order valence-corrected chi connectivity index (χ3v) is 7.02. The predicted molar refractivity (Wildman–Crippen MR) is 143 cm³/mol. The summed E-state index contributed by atoms with van der Waals surface area (Å²) in [5.74, 6) is 0.844. The van der Waals surface area contributed by atoms with Crippen LogP contribution in [0, 0.1) is 13.8 Å². The lowest BCUT2D eigenvalue weighted by Crippen LogP contribution is -2.29. The second kappa shape index (κ2) is 9.24. The third-order valence-electron chi connectivity index (χ3n) is 6.41. The SMILES string of the molecule is COc1ccc(N2C(=S)N[C@H](c3ccccn3)[C@@H]2c2cc(C)n(-c3ccc(O)cc3)c2C)cc1Cl. The zero-order valence-electron chi connectivity index (χ0n) is 19.6. The Morgan fingerprint density at radius 1 is 1.03 bits per heavy atom. The smallest absolute Gasteiger partial charge is 0.174 e. The number of pyridine rings is 1. The van der Waals surface area contributed by atoms with Gasteiger partial charge in [0.1, 0.15) is 11.5 Å². The van der Waals surface area contributed by atoms with Gasteiger partial charge in [0.15, 0.2) is 5.11 Å². The first-order valence-electron chi connectivity index (χ1n) is 11.2. The Hall–Kier alpha value is -3.55. The van der Waals surface area contributed by atoms with Crippen molar-refractivity contribution in [2.24, 2.45) is 0 Å². The number of nitrogens with zero attached hydrogens (tertiary/aromatic N) is 3. The fourth-order valence-electron chi connectivity index (χ4n) is 4.84. The number of hydrogen-bond donors (Lipinski definition) is 2. The van der Waals surface area contributed by atoms with Gasteiger partial charge >= 0.3 is 0 Å². The van der Waals surface area contributed by atoms with Crippen LogP contribution < -0.4 is 15.0 Å². The summed E-state index contributed by atoms with van der Waals surface area (Å²) in [7, 11) is 1.60. The molecule has 1 aliphatic heterocycles. The lowest BCUT2D eigenvalue weighted by Gasteiger charge is -2.28. The van der Waals surface area contributed by atoms with E-state index in [4.69, 9.17) is 28.6 Å². The highest BCUT2D eigenvalue weighted by molar-refractivity contribution is 7.80. The molecule has 2 aromatic heterocycles. The van der Waals surface area contributed by atoms with Gasteiger partial charge < -0.3 is 24.6 Å². The second-order valence-electron chi connectivity index (χ2n) is 8.49. The maximum atomic E-state index is 9.77. The summed E-state index contributed by atoms with van der Waals surface area (Å²) in [6.07, 6.45) is 1.80. The number of thiocarbonyl (C=S) groups is 1. The Balaban J connectivity index is 1.67. The number of halogens is 1. The number of phenols is 1. The molecule has 1 fully saturated rings. The normalized spacial score (nSPS) is 17.5. The van der Waals surface area contributed by atoms with Crippen LogP contribution in [0.1, 0.15) is 34.7 Å². The van der Waals surface area contributed by atoms with Gasteiger partial charge in [0.05, 0.1) is 29.9 Å². The minimum atomic E-state index is -0.168. The topological polar surface area (TPSA) is 62.5 Å². The Morgan fingerprint density at radius 3 is 2.43 bits per heavy atom. The largest absolute Gasteiger partial charge is 0.508 e. The molecule has 35 heavy (non-hydrogen) atoms. The number of phenolic OH excluding ortho intramolecular Hbond substituents is 1. The van der Waals surface area contributed by atoms with Crippen molar-refractivity contribution in [2.45, 2.75) is 25.9 Å². The molecular weight excluding hydrogens is 480 g/mol. The van der Waals surface area contributed by atoms with Crippen molar-refractivity contribution in [1.82, 2.24) is 14.9 Å². The molecule has 2 aromatic carbocycles. The van der Waals surface area contributed by atoms with E-state index in [1.54, 1.807) is 25.4 Å². The van der Waals surface area contributed by atoms with Crippen LogP contribution in [0.4, 0.5) is 5.69 Å². The maximum Gasteiger partial charge on any atom is 0.174 e. The highest BCUT2D eigenvalue weighted by Crippen LogP contribution is 2.45. The van der Waals surface area contributed by atoms with Crippen LogP contribution in [-0.4, -0.2) is 26.9 Å². The number of benzene rings is 2. The van der Waals surface area contributed by atoms with Crippen LogP contribution in [-0.2, 0) is 0 Å².